The Hall–Kier alpha value is -1.19. The van der Waals surface area contributed by atoms with Gasteiger partial charge in [0, 0.05) is 7.05 Å². The van der Waals surface area contributed by atoms with Crippen molar-refractivity contribution in [3.63, 3.8) is 0 Å². The van der Waals surface area contributed by atoms with Gasteiger partial charge in [-0.25, -0.2) is 13.8 Å². The van der Waals surface area contributed by atoms with Crippen LogP contribution in [0, 0.1) is 0 Å². The Balaban J connectivity index is 3.96. The monoisotopic (exact) mass is 210 g/mol. The molecule has 76 valence electrons. The second-order valence-corrected chi connectivity index (χ2v) is 3.78. The molecule has 0 saturated carbocycles. The van der Waals surface area contributed by atoms with Gasteiger partial charge < -0.3 is 0 Å². The highest BCUT2D eigenvalue weighted by Gasteiger charge is 2.13. The van der Waals surface area contributed by atoms with Crippen LogP contribution in [0.15, 0.2) is 0 Å². The van der Waals surface area contributed by atoms with Crippen LogP contribution >= 0.6 is 0 Å². The van der Waals surface area contributed by atoms with Gasteiger partial charge in [-0.2, -0.15) is 0 Å². The summed E-state index contributed by atoms with van der Waals surface area (Å²) in [6, 6.07) is 0. The molecule has 0 saturated heterocycles. The fraction of sp³-hybridized carbons (Fsp3) is 0.500. The smallest absolute Gasteiger partial charge is 0.283 e. The molecule has 0 spiro atoms. The molecule has 0 aromatic heterocycles. The normalized spacial score (nSPS) is 10.6. The first-order valence-electron chi connectivity index (χ1n) is 3.10. The van der Waals surface area contributed by atoms with Crippen LogP contribution in [0.25, 0.3) is 0 Å². The van der Waals surface area contributed by atoms with Crippen LogP contribution in [-0.2, 0) is 19.6 Å². The molecule has 0 aromatic carbocycles. The van der Waals surface area contributed by atoms with E-state index in [2.05, 4.69) is 5.43 Å². The number of hydrazine groups is 2. The van der Waals surface area contributed by atoms with E-state index < -0.39 is 21.8 Å². The zero-order valence-corrected chi connectivity index (χ0v) is 7.86. The van der Waals surface area contributed by atoms with E-state index in [1.165, 1.54) is 7.05 Å². The van der Waals surface area contributed by atoms with Crippen molar-refractivity contribution < 1.29 is 18.0 Å². The lowest BCUT2D eigenvalue weighted by Gasteiger charge is -2.04. The Labute approximate surface area is 75.1 Å². The van der Waals surface area contributed by atoms with Crippen LogP contribution in [0.3, 0.4) is 0 Å². The number of amides is 2. The van der Waals surface area contributed by atoms with Gasteiger partial charge in [-0.1, -0.05) is 0 Å². The largest absolute Gasteiger partial charge is 0.325 e. The van der Waals surface area contributed by atoms with Crippen LogP contribution in [-0.4, -0.2) is 33.5 Å². The summed E-state index contributed by atoms with van der Waals surface area (Å²) >= 11 is 0. The van der Waals surface area contributed by atoms with Gasteiger partial charge in [-0.3, -0.25) is 20.4 Å². The minimum Gasteiger partial charge on any atom is -0.283 e. The second kappa shape index (κ2) is 4.74. The molecule has 13 heavy (non-hydrogen) atoms. The maximum absolute atomic E-state index is 10.7. The molecule has 0 aliphatic carbocycles. The van der Waals surface area contributed by atoms with E-state index in [0.717, 1.165) is 6.26 Å². The molecule has 0 aromatic rings. The lowest BCUT2D eigenvalue weighted by Crippen LogP contribution is -2.50. The molecule has 0 aliphatic rings. The van der Waals surface area contributed by atoms with Crippen molar-refractivity contribution in [1.82, 2.24) is 21.1 Å². The van der Waals surface area contributed by atoms with Crippen LogP contribution in [0.4, 0.5) is 0 Å². The minimum atomic E-state index is -3.55. The standard InChI is InChI=1S/C4H10N4O4S/c1-5-6-3(9)4(10)7-8-13(2,11)12/h5,8H,1-2H3,(H,6,9)(H,7,10). The Bertz CT molecular complexity index is 297. The number of sulfonamides is 1. The van der Waals surface area contributed by atoms with Crippen LogP contribution < -0.4 is 21.1 Å². The summed E-state index contributed by atoms with van der Waals surface area (Å²) < 4.78 is 20.9. The third kappa shape index (κ3) is 6.02. The molecule has 0 rings (SSSR count). The van der Waals surface area contributed by atoms with E-state index in [0.29, 0.717) is 0 Å². The van der Waals surface area contributed by atoms with Gasteiger partial charge in [-0.05, 0) is 0 Å². The van der Waals surface area contributed by atoms with Crippen LogP contribution in [0.5, 0.6) is 0 Å². The van der Waals surface area contributed by atoms with E-state index >= 15 is 0 Å². The predicted octanol–water partition coefficient (Wildman–Crippen LogP) is -3.18. The fourth-order valence-electron chi connectivity index (χ4n) is 0.366. The molecule has 0 aliphatic heterocycles. The summed E-state index contributed by atoms with van der Waals surface area (Å²) in [5.41, 5.74) is 5.83. The molecule has 0 heterocycles. The molecule has 8 nitrogen and oxygen atoms in total. The zero-order valence-electron chi connectivity index (χ0n) is 7.04. The Morgan fingerprint density at radius 3 is 1.92 bits per heavy atom. The van der Waals surface area contributed by atoms with Crippen molar-refractivity contribution in [2.75, 3.05) is 13.3 Å². The van der Waals surface area contributed by atoms with Gasteiger partial charge in [-0.15, -0.1) is 4.83 Å². The van der Waals surface area contributed by atoms with Crippen LogP contribution in [0.1, 0.15) is 0 Å². The van der Waals surface area contributed by atoms with E-state index in [1.54, 1.807) is 10.3 Å². The highest BCUT2D eigenvalue weighted by atomic mass is 32.2. The maximum atomic E-state index is 10.7. The average molecular weight is 210 g/mol. The minimum absolute atomic E-state index is 0.837. The summed E-state index contributed by atoms with van der Waals surface area (Å²) in [5, 5.41) is 0. The average Bonchev–Trinajstić information content (AvgIpc) is 1.99. The van der Waals surface area contributed by atoms with Gasteiger partial charge in [0.25, 0.3) is 0 Å². The first-order chi connectivity index (χ1) is 5.87. The molecule has 0 fully saturated rings. The Morgan fingerprint density at radius 2 is 1.54 bits per heavy atom. The quantitative estimate of drug-likeness (QED) is 0.289. The molecule has 9 heteroatoms. The number of hydrogen-bond acceptors (Lipinski definition) is 5. The first kappa shape index (κ1) is 11.8. The summed E-state index contributed by atoms with van der Waals surface area (Å²) in [4.78, 5) is 23.0. The zero-order chi connectivity index (χ0) is 10.5. The van der Waals surface area contributed by atoms with Crippen LogP contribution in [0.2, 0.25) is 0 Å². The summed E-state index contributed by atoms with van der Waals surface area (Å²) in [5.74, 6) is -2.11. The highest BCUT2D eigenvalue weighted by Crippen LogP contribution is 1.69. The summed E-state index contributed by atoms with van der Waals surface area (Å²) in [7, 11) is -2.17. The number of hydrogen-bond donors (Lipinski definition) is 4. The summed E-state index contributed by atoms with van der Waals surface area (Å²) in [6.07, 6.45) is 0.837. The van der Waals surface area contributed by atoms with Crippen molar-refractivity contribution in [2.45, 2.75) is 0 Å². The number of carbonyl (C=O) groups excluding carboxylic acids is 2. The molecular weight excluding hydrogens is 200 g/mol. The van der Waals surface area contributed by atoms with Crippen molar-refractivity contribution in [2.24, 2.45) is 0 Å². The van der Waals surface area contributed by atoms with Gasteiger partial charge in [0.1, 0.15) is 0 Å². The topological polar surface area (TPSA) is 116 Å². The number of carbonyl (C=O) groups is 2. The number of rotatable bonds is 3. The van der Waals surface area contributed by atoms with E-state index in [9.17, 15) is 18.0 Å². The molecule has 0 atom stereocenters. The van der Waals surface area contributed by atoms with E-state index in [1.807, 2.05) is 5.43 Å². The molecule has 0 bridgehead atoms. The molecular formula is C4H10N4O4S. The molecule has 4 N–H and O–H groups in total. The molecule has 0 radical (unpaired) electrons. The van der Waals surface area contributed by atoms with E-state index in [-0.39, 0.29) is 0 Å². The van der Waals surface area contributed by atoms with Crippen molar-refractivity contribution in [3.8, 4) is 0 Å². The fourth-order valence-corrected chi connectivity index (χ4v) is 0.644. The van der Waals surface area contributed by atoms with Gasteiger partial charge in [0.05, 0.1) is 6.26 Å². The molecule has 0 unspecified atom stereocenters. The SMILES string of the molecule is CNNC(=O)C(=O)NNS(C)(=O)=O. The van der Waals surface area contributed by atoms with Crippen molar-refractivity contribution in [1.29, 1.82) is 0 Å². The second-order valence-electron chi connectivity index (χ2n) is 2.03. The van der Waals surface area contributed by atoms with E-state index in [4.69, 9.17) is 0 Å². The van der Waals surface area contributed by atoms with Crippen molar-refractivity contribution >= 4 is 21.8 Å². The third-order valence-corrected chi connectivity index (χ3v) is 1.27. The lowest BCUT2D eigenvalue weighted by molar-refractivity contribution is -0.140. The Morgan fingerprint density at radius 1 is 1.08 bits per heavy atom. The summed E-state index contributed by atoms with van der Waals surface area (Å²) in [6.45, 7) is 0. The highest BCUT2D eigenvalue weighted by molar-refractivity contribution is 7.88. The third-order valence-electron chi connectivity index (χ3n) is 0.795. The Kier molecular flexibility index (Phi) is 4.31. The maximum Gasteiger partial charge on any atom is 0.325 e. The predicted molar refractivity (Wildman–Crippen MR) is 43.3 cm³/mol. The van der Waals surface area contributed by atoms with Gasteiger partial charge in [0.15, 0.2) is 0 Å². The lowest BCUT2D eigenvalue weighted by atomic mass is 10.6. The van der Waals surface area contributed by atoms with Crippen molar-refractivity contribution in [3.05, 3.63) is 0 Å². The van der Waals surface area contributed by atoms with Gasteiger partial charge >= 0.3 is 11.8 Å². The van der Waals surface area contributed by atoms with Gasteiger partial charge in [0.2, 0.25) is 10.0 Å². The number of nitrogens with one attached hydrogen (secondary N) is 4. The molecule has 2 amide bonds. The first-order valence-corrected chi connectivity index (χ1v) is 5.00.